The summed E-state index contributed by atoms with van der Waals surface area (Å²) in [6.07, 6.45) is -0.128. The number of hydrogen-bond donors (Lipinski definition) is 3. The average molecular weight is 453 g/mol. The minimum atomic E-state index is -0.959. The van der Waals surface area contributed by atoms with Crippen molar-refractivity contribution in [2.45, 2.75) is 58.0 Å². The SMILES string of the molecule is CC[C@@H](CC(=O)O)NC(=O)CC(NC(=O)OCC1c2ccccc2-c2ccccc21)C(C)C. The Labute approximate surface area is 194 Å². The Hall–Kier alpha value is -3.35. The van der Waals surface area contributed by atoms with Crippen molar-refractivity contribution >= 4 is 18.0 Å². The molecule has 0 bridgehead atoms. The topological polar surface area (TPSA) is 105 Å². The molecule has 1 unspecified atom stereocenters. The molecule has 1 aliphatic carbocycles. The van der Waals surface area contributed by atoms with Crippen LogP contribution in [-0.4, -0.2) is 41.8 Å². The number of nitrogens with one attached hydrogen (secondary N) is 2. The highest BCUT2D eigenvalue weighted by molar-refractivity contribution is 5.80. The molecule has 3 rings (SSSR count). The molecule has 0 radical (unpaired) electrons. The number of carbonyl (C=O) groups is 3. The summed E-state index contributed by atoms with van der Waals surface area (Å²) in [4.78, 5) is 36.0. The standard InChI is InChI=1S/C26H32N2O5/c1-4-17(13-25(30)31)27-24(29)14-23(16(2)3)28-26(32)33-15-22-20-11-7-5-9-18(20)19-10-6-8-12-21(19)22/h5-12,16-17,22-23H,4,13-15H2,1-3H3,(H,27,29)(H,28,32)(H,30,31)/t17-,23?/m0/s1. The summed E-state index contributed by atoms with van der Waals surface area (Å²) in [5, 5.41) is 14.5. The number of ether oxygens (including phenoxy) is 1. The average Bonchev–Trinajstić information content (AvgIpc) is 3.10. The van der Waals surface area contributed by atoms with Crippen LogP contribution in [0.4, 0.5) is 4.79 Å². The third-order valence-corrected chi connectivity index (χ3v) is 6.14. The molecule has 0 spiro atoms. The van der Waals surface area contributed by atoms with E-state index in [0.29, 0.717) is 6.42 Å². The van der Waals surface area contributed by atoms with Crippen LogP contribution in [0.15, 0.2) is 48.5 Å². The first kappa shape index (κ1) is 24.3. The van der Waals surface area contributed by atoms with Crippen molar-refractivity contribution in [2.75, 3.05) is 6.61 Å². The molecule has 0 saturated carbocycles. The van der Waals surface area contributed by atoms with Gasteiger partial charge in [0.05, 0.1) is 6.42 Å². The molecular formula is C26H32N2O5. The second-order valence-corrected chi connectivity index (χ2v) is 8.80. The predicted molar refractivity (Wildman–Crippen MR) is 126 cm³/mol. The number of aliphatic carboxylic acids is 1. The molecule has 0 saturated heterocycles. The number of rotatable bonds is 10. The molecule has 7 heteroatoms. The molecule has 2 aromatic rings. The zero-order chi connectivity index (χ0) is 24.0. The van der Waals surface area contributed by atoms with Gasteiger partial charge in [0.1, 0.15) is 6.61 Å². The van der Waals surface area contributed by atoms with E-state index in [9.17, 15) is 14.4 Å². The van der Waals surface area contributed by atoms with Crippen molar-refractivity contribution in [1.82, 2.24) is 10.6 Å². The summed E-state index contributed by atoms with van der Waals surface area (Å²) < 4.78 is 5.60. The van der Waals surface area contributed by atoms with Gasteiger partial charge in [0.25, 0.3) is 0 Å². The maximum absolute atomic E-state index is 12.6. The Morgan fingerprint density at radius 1 is 0.939 bits per heavy atom. The molecule has 7 nitrogen and oxygen atoms in total. The van der Waals surface area contributed by atoms with Gasteiger partial charge in [-0.1, -0.05) is 69.3 Å². The summed E-state index contributed by atoms with van der Waals surface area (Å²) in [5.41, 5.74) is 4.59. The lowest BCUT2D eigenvalue weighted by Crippen LogP contribution is -2.45. The molecule has 0 fully saturated rings. The lowest BCUT2D eigenvalue weighted by Gasteiger charge is -2.24. The van der Waals surface area contributed by atoms with Crippen LogP contribution in [0.2, 0.25) is 0 Å². The van der Waals surface area contributed by atoms with Crippen molar-refractivity contribution in [3.8, 4) is 11.1 Å². The van der Waals surface area contributed by atoms with Gasteiger partial charge in [-0.25, -0.2) is 4.79 Å². The zero-order valence-corrected chi connectivity index (χ0v) is 19.3. The molecular weight excluding hydrogens is 420 g/mol. The fourth-order valence-electron chi connectivity index (χ4n) is 4.24. The van der Waals surface area contributed by atoms with Crippen molar-refractivity contribution in [3.63, 3.8) is 0 Å². The van der Waals surface area contributed by atoms with E-state index in [0.717, 1.165) is 22.3 Å². The van der Waals surface area contributed by atoms with Crippen LogP contribution >= 0.6 is 0 Å². The van der Waals surface area contributed by atoms with Crippen LogP contribution in [0.25, 0.3) is 11.1 Å². The summed E-state index contributed by atoms with van der Waals surface area (Å²) in [6.45, 7) is 5.85. The van der Waals surface area contributed by atoms with Crippen molar-refractivity contribution in [2.24, 2.45) is 5.92 Å². The molecule has 2 amide bonds. The van der Waals surface area contributed by atoms with Gasteiger partial charge in [0.15, 0.2) is 0 Å². The third-order valence-electron chi connectivity index (χ3n) is 6.14. The number of fused-ring (bicyclic) bond motifs is 3. The first-order valence-electron chi connectivity index (χ1n) is 11.4. The van der Waals surface area contributed by atoms with Gasteiger partial charge in [-0.3, -0.25) is 9.59 Å². The van der Waals surface area contributed by atoms with Crippen LogP contribution < -0.4 is 10.6 Å². The molecule has 2 atom stereocenters. The van der Waals surface area contributed by atoms with E-state index in [1.165, 1.54) is 0 Å². The first-order valence-corrected chi connectivity index (χ1v) is 11.4. The van der Waals surface area contributed by atoms with Crippen LogP contribution in [0.3, 0.4) is 0 Å². The van der Waals surface area contributed by atoms with Crippen molar-refractivity contribution in [1.29, 1.82) is 0 Å². The van der Waals surface area contributed by atoms with Crippen LogP contribution in [0.1, 0.15) is 57.1 Å². The largest absolute Gasteiger partial charge is 0.481 e. The molecule has 0 aliphatic heterocycles. The highest BCUT2D eigenvalue weighted by Crippen LogP contribution is 2.44. The van der Waals surface area contributed by atoms with Gasteiger partial charge in [-0.05, 0) is 34.6 Å². The quantitative estimate of drug-likeness (QED) is 0.498. The van der Waals surface area contributed by atoms with E-state index in [1.54, 1.807) is 0 Å². The van der Waals surface area contributed by atoms with Crippen LogP contribution in [0.5, 0.6) is 0 Å². The summed E-state index contributed by atoms with van der Waals surface area (Å²) in [5.74, 6) is -1.29. The molecule has 3 N–H and O–H groups in total. The van der Waals surface area contributed by atoms with Gasteiger partial charge in [0.2, 0.25) is 5.91 Å². The van der Waals surface area contributed by atoms with Gasteiger partial charge >= 0.3 is 12.1 Å². The maximum Gasteiger partial charge on any atom is 0.407 e. The van der Waals surface area contributed by atoms with E-state index < -0.39 is 24.1 Å². The molecule has 33 heavy (non-hydrogen) atoms. The number of hydrogen-bond acceptors (Lipinski definition) is 4. The summed E-state index contributed by atoms with van der Waals surface area (Å²) in [6, 6.07) is 15.4. The number of carboxylic acids is 1. The fraction of sp³-hybridized carbons (Fsp3) is 0.423. The monoisotopic (exact) mass is 452 g/mol. The van der Waals surface area contributed by atoms with Gasteiger partial charge < -0.3 is 20.5 Å². The van der Waals surface area contributed by atoms with E-state index in [4.69, 9.17) is 9.84 Å². The normalized spacial score (nSPS) is 14.2. The first-order chi connectivity index (χ1) is 15.8. The number of benzene rings is 2. The number of amides is 2. The Morgan fingerprint density at radius 2 is 1.52 bits per heavy atom. The smallest absolute Gasteiger partial charge is 0.407 e. The molecule has 1 aliphatic rings. The van der Waals surface area contributed by atoms with Gasteiger partial charge in [-0.2, -0.15) is 0 Å². The second kappa shape index (κ2) is 11.0. The van der Waals surface area contributed by atoms with Gasteiger partial charge in [-0.15, -0.1) is 0 Å². The Kier molecular flexibility index (Phi) is 8.09. The fourth-order valence-corrected chi connectivity index (χ4v) is 4.24. The highest BCUT2D eigenvalue weighted by atomic mass is 16.5. The molecule has 176 valence electrons. The lowest BCUT2D eigenvalue weighted by molar-refractivity contribution is -0.137. The van der Waals surface area contributed by atoms with E-state index >= 15 is 0 Å². The van der Waals surface area contributed by atoms with E-state index in [1.807, 2.05) is 45.0 Å². The van der Waals surface area contributed by atoms with Crippen molar-refractivity contribution in [3.05, 3.63) is 59.7 Å². The van der Waals surface area contributed by atoms with E-state index in [2.05, 4.69) is 34.9 Å². The van der Waals surface area contributed by atoms with Crippen LogP contribution in [0, 0.1) is 5.92 Å². The summed E-state index contributed by atoms with van der Waals surface area (Å²) >= 11 is 0. The molecule has 0 aromatic heterocycles. The number of carboxylic acid groups (broad SMARTS) is 1. The Balaban J connectivity index is 1.59. The summed E-state index contributed by atoms with van der Waals surface area (Å²) in [7, 11) is 0. The number of alkyl carbamates (subject to hydrolysis) is 1. The zero-order valence-electron chi connectivity index (χ0n) is 19.3. The number of carbonyl (C=O) groups excluding carboxylic acids is 2. The maximum atomic E-state index is 12.6. The Bertz CT molecular complexity index is 958. The Morgan fingerprint density at radius 3 is 2.03 bits per heavy atom. The molecule has 2 aromatic carbocycles. The highest BCUT2D eigenvalue weighted by Gasteiger charge is 2.29. The second-order valence-electron chi connectivity index (χ2n) is 8.80. The minimum Gasteiger partial charge on any atom is -0.481 e. The van der Waals surface area contributed by atoms with Crippen LogP contribution in [-0.2, 0) is 14.3 Å². The minimum absolute atomic E-state index is 0.00390. The van der Waals surface area contributed by atoms with Crippen molar-refractivity contribution < 1.29 is 24.2 Å². The predicted octanol–water partition coefficient (Wildman–Crippen LogP) is 4.31. The third kappa shape index (κ3) is 6.12. The lowest BCUT2D eigenvalue weighted by atomic mass is 9.98. The van der Waals surface area contributed by atoms with Gasteiger partial charge in [0, 0.05) is 24.4 Å². The molecule has 0 heterocycles. The van der Waals surface area contributed by atoms with E-state index in [-0.39, 0.29) is 37.2 Å².